The number of rotatable bonds is 19. The first-order valence-corrected chi connectivity index (χ1v) is 15.3. The second kappa shape index (κ2) is 19.9. The van der Waals surface area contributed by atoms with Crippen molar-refractivity contribution in [1.82, 2.24) is 0 Å². The molecule has 0 aromatic heterocycles. The fraction of sp³-hybridized carbons (Fsp3) is 0.545. The maximum Gasteiger partial charge on any atom is 0.355 e. The molecule has 0 aliphatic carbocycles. The highest BCUT2D eigenvalue weighted by molar-refractivity contribution is 6.33. The van der Waals surface area contributed by atoms with Crippen molar-refractivity contribution in [3.05, 3.63) is 64.5 Å². The maximum absolute atomic E-state index is 12.8. The number of ether oxygens (including phenoxy) is 3. The van der Waals surface area contributed by atoms with Gasteiger partial charge in [-0.05, 0) is 36.8 Å². The van der Waals surface area contributed by atoms with Crippen LogP contribution in [0.1, 0.15) is 107 Å². The van der Waals surface area contributed by atoms with Gasteiger partial charge in [-0.25, -0.2) is 14.4 Å². The van der Waals surface area contributed by atoms with Crippen LogP contribution < -0.4 is 4.90 Å². The zero-order valence-corrected chi connectivity index (χ0v) is 25.7. The summed E-state index contributed by atoms with van der Waals surface area (Å²) in [7, 11) is 2.44. The zero-order valence-electron chi connectivity index (χ0n) is 24.9. The Balaban J connectivity index is 1.82. The first-order chi connectivity index (χ1) is 19.9. The molecule has 0 N–H and O–H groups in total. The Kier molecular flexibility index (Phi) is 16.6. The summed E-state index contributed by atoms with van der Waals surface area (Å²) in [4.78, 5) is 39.3. The van der Waals surface area contributed by atoms with Crippen molar-refractivity contribution in [1.29, 1.82) is 0 Å². The summed E-state index contributed by atoms with van der Waals surface area (Å²) in [6.45, 7) is 2.59. The number of benzene rings is 1. The van der Waals surface area contributed by atoms with Crippen molar-refractivity contribution in [2.45, 2.75) is 96.8 Å². The van der Waals surface area contributed by atoms with Gasteiger partial charge in [0.05, 0.1) is 42.7 Å². The van der Waals surface area contributed by atoms with E-state index in [9.17, 15) is 14.4 Å². The van der Waals surface area contributed by atoms with Crippen LogP contribution in [0, 0.1) is 0 Å². The molecule has 0 spiro atoms. The van der Waals surface area contributed by atoms with Gasteiger partial charge in [0.25, 0.3) is 0 Å². The molecule has 0 bridgehead atoms. The lowest BCUT2D eigenvalue weighted by atomic mass is 10.0. The van der Waals surface area contributed by atoms with Crippen LogP contribution in [-0.2, 0) is 23.8 Å². The monoisotopic (exact) mass is 587 g/mol. The van der Waals surface area contributed by atoms with Gasteiger partial charge in [0.1, 0.15) is 5.70 Å². The predicted octanol–water partition coefficient (Wildman–Crippen LogP) is 8.47. The SMILES string of the molecule is CCCCCCCCCCCCCCCCOC(=O)c1ccc(Cl)c(N2C=CC=CC(C(=O)OC)=C2C(=O)OC)c1. The van der Waals surface area contributed by atoms with Gasteiger partial charge in [0.15, 0.2) is 0 Å². The summed E-state index contributed by atoms with van der Waals surface area (Å²) in [5.41, 5.74) is 0.508. The number of methoxy groups -OCH3 is 2. The zero-order chi connectivity index (χ0) is 29.9. The van der Waals surface area contributed by atoms with Gasteiger partial charge in [-0.15, -0.1) is 0 Å². The molecule has 7 nitrogen and oxygen atoms in total. The maximum atomic E-state index is 12.8. The molecule has 0 fully saturated rings. The van der Waals surface area contributed by atoms with Crippen molar-refractivity contribution < 1.29 is 28.6 Å². The van der Waals surface area contributed by atoms with Gasteiger partial charge in [-0.3, -0.25) is 0 Å². The van der Waals surface area contributed by atoms with Gasteiger partial charge in [0, 0.05) is 6.20 Å². The highest BCUT2D eigenvalue weighted by atomic mass is 35.5. The first kappa shape index (κ1) is 34.1. The van der Waals surface area contributed by atoms with E-state index in [0.29, 0.717) is 12.3 Å². The lowest BCUT2D eigenvalue weighted by molar-refractivity contribution is -0.139. The molecule has 1 aliphatic rings. The van der Waals surface area contributed by atoms with Crippen molar-refractivity contribution in [3.63, 3.8) is 0 Å². The molecule has 1 aromatic rings. The molecular weight excluding hydrogens is 542 g/mol. The predicted molar refractivity (Wildman–Crippen MR) is 164 cm³/mol. The fourth-order valence-electron chi connectivity index (χ4n) is 4.72. The Morgan fingerprint density at radius 3 is 1.85 bits per heavy atom. The van der Waals surface area contributed by atoms with E-state index in [0.717, 1.165) is 19.3 Å². The van der Waals surface area contributed by atoms with Crippen LogP contribution >= 0.6 is 11.6 Å². The largest absolute Gasteiger partial charge is 0.465 e. The second-order valence-electron chi connectivity index (χ2n) is 10.2. The molecule has 2 rings (SSSR count). The summed E-state index contributed by atoms with van der Waals surface area (Å²) < 4.78 is 15.3. The molecule has 0 radical (unpaired) electrons. The van der Waals surface area contributed by atoms with E-state index in [1.54, 1.807) is 30.5 Å². The minimum atomic E-state index is -0.761. The van der Waals surface area contributed by atoms with Crippen LogP contribution in [0.25, 0.3) is 0 Å². The molecule has 0 saturated heterocycles. The molecule has 41 heavy (non-hydrogen) atoms. The van der Waals surface area contributed by atoms with Crippen LogP contribution in [-0.4, -0.2) is 38.7 Å². The fourth-order valence-corrected chi connectivity index (χ4v) is 4.93. The van der Waals surface area contributed by atoms with E-state index in [4.69, 9.17) is 25.8 Å². The molecule has 0 amide bonds. The molecule has 0 saturated carbocycles. The highest BCUT2D eigenvalue weighted by Gasteiger charge is 2.29. The summed E-state index contributed by atoms with van der Waals surface area (Å²) in [5, 5.41) is 0.269. The van der Waals surface area contributed by atoms with Crippen molar-refractivity contribution >= 4 is 35.2 Å². The van der Waals surface area contributed by atoms with Crippen molar-refractivity contribution in [2.75, 3.05) is 25.7 Å². The van der Waals surface area contributed by atoms with E-state index in [1.807, 2.05) is 0 Å². The Bertz CT molecular complexity index is 1080. The normalized spacial score (nSPS) is 12.8. The van der Waals surface area contributed by atoms with Gasteiger partial charge in [-0.2, -0.15) is 0 Å². The Labute approximate surface area is 250 Å². The van der Waals surface area contributed by atoms with Gasteiger partial charge < -0.3 is 19.1 Å². The van der Waals surface area contributed by atoms with Crippen LogP contribution in [0.4, 0.5) is 5.69 Å². The van der Waals surface area contributed by atoms with Crippen LogP contribution in [0.5, 0.6) is 0 Å². The average molecular weight is 588 g/mol. The number of unbranched alkanes of at least 4 members (excludes halogenated alkanes) is 13. The first-order valence-electron chi connectivity index (χ1n) is 15.0. The Morgan fingerprint density at radius 2 is 1.29 bits per heavy atom. The summed E-state index contributed by atoms with van der Waals surface area (Å²) in [6, 6.07) is 4.66. The number of esters is 3. The molecular formula is C33H46ClNO6. The minimum Gasteiger partial charge on any atom is -0.465 e. The number of hydrogen-bond acceptors (Lipinski definition) is 7. The number of carbonyl (C=O) groups is 3. The quantitative estimate of drug-likeness (QED) is 0.0911. The molecule has 0 atom stereocenters. The number of anilines is 1. The lowest BCUT2D eigenvalue weighted by Gasteiger charge is -2.24. The number of carbonyl (C=O) groups excluding carboxylic acids is 3. The number of hydrogen-bond donors (Lipinski definition) is 0. The minimum absolute atomic E-state index is 0.00815. The van der Waals surface area contributed by atoms with E-state index in [-0.39, 0.29) is 21.9 Å². The van der Waals surface area contributed by atoms with Crippen molar-refractivity contribution in [3.8, 4) is 0 Å². The lowest BCUT2D eigenvalue weighted by Crippen LogP contribution is -2.27. The molecule has 1 aromatic carbocycles. The standard InChI is InChI=1S/C33H46ClNO6/c1-4-5-6-7-8-9-10-11-12-13-14-15-16-19-24-41-31(36)26-21-22-28(34)29(25-26)35-23-18-17-20-27(32(37)39-2)30(35)33(38)40-3/h17-18,20-23,25H,4-16,19,24H2,1-3H3. The molecule has 1 aliphatic heterocycles. The Morgan fingerprint density at radius 1 is 0.732 bits per heavy atom. The van der Waals surface area contributed by atoms with E-state index in [1.165, 1.54) is 102 Å². The number of allylic oxidation sites excluding steroid dienone is 2. The van der Waals surface area contributed by atoms with E-state index >= 15 is 0 Å². The Hall–Kier alpha value is -3.06. The third-order valence-corrected chi connectivity index (χ3v) is 7.38. The van der Waals surface area contributed by atoms with Gasteiger partial charge in [-0.1, -0.05) is 108 Å². The summed E-state index contributed by atoms with van der Waals surface area (Å²) in [5.74, 6) is -1.95. The third-order valence-electron chi connectivity index (χ3n) is 7.06. The van der Waals surface area contributed by atoms with Crippen LogP contribution in [0.2, 0.25) is 5.02 Å². The van der Waals surface area contributed by atoms with E-state index < -0.39 is 17.9 Å². The molecule has 226 valence electrons. The number of halogens is 1. The molecule has 8 heteroatoms. The van der Waals surface area contributed by atoms with Crippen LogP contribution in [0.3, 0.4) is 0 Å². The third kappa shape index (κ3) is 11.8. The topological polar surface area (TPSA) is 82.1 Å². The second-order valence-corrected chi connectivity index (χ2v) is 10.6. The smallest absolute Gasteiger partial charge is 0.355 e. The molecule has 0 unspecified atom stereocenters. The highest BCUT2D eigenvalue weighted by Crippen LogP contribution is 2.33. The number of nitrogens with zero attached hydrogens (tertiary/aromatic N) is 1. The average Bonchev–Trinajstić information content (AvgIpc) is 3.21. The summed E-state index contributed by atoms with van der Waals surface area (Å²) in [6.07, 6.45) is 23.9. The van der Waals surface area contributed by atoms with Gasteiger partial charge in [0.2, 0.25) is 0 Å². The summed E-state index contributed by atoms with van der Waals surface area (Å²) >= 11 is 6.47. The van der Waals surface area contributed by atoms with Gasteiger partial charge >= 0.3 is 17.9 Å². The molecule has 1 heterocycles. The van der Waals surface area contributed by atoms with Crippen LogP contribution in [0.15, 0.2) is 53.9 Å². The van der Waals surface area contributed by atoms with Crippen molar-refractivity contribution in [2.24, 2.45) is 0 Å². The van der Waals surface area contributed by atoms with E-state index in [2.05, 4.69) is 6.92 Å².